The fourth-order valence-corrected chi connectivity index (χ4v) is 2.73. The predicted molar refractivity (Wildman–Crippen MR) is 81.0 cm³/mol. The van der Waals surface area contributed by atoms with E-state index in [1.54, 1.807) is 0 Å². The van der Waals surface area contributed by atoms with Crippen LogP contribution < -0.4 is 5.32 Å². The molecule has 0 aromatic heterocycles. The molecule has 0 bridgehead atoms. The molecule has 0 aliphatic carbocycles. The molecule has 1 aromatic rings. The molecule has 1 heterocycles. The molecule has 0 saturated carbocycles. The van der Waals surface area contributed by atoms with E-state index in [0.29, 0.717) is 5.92 Å². The quantitative estimate of drug-likeness (QED) is 0.669. The number of nitro benzene ring substituents is 1. The van der Waals surface area contributed by atoms with E-state index >= 15 is 0 Å². The maximum atomic E-state index is 13.7. The molecule has 1 saturated heterocycles. The van der Waals surface area contributed by atoms with Crippen LogP contribution in [0.1, 0.15) is 26.7 Å². The predicted octanol–water partition coefficient (Wildman–Crippen LogP) is 3.27. The van der Waals surface area contributed by atoms with Crippen molar-refractivity contribution < 1.29 is 9.31 Å². The molecule has 0 unspecified atom stereocenters. The van der Waals surface area contributed by atoms with Crippen LogP contribution in [0, 0.1) is 21.8 Å². The van der Waals surface area contributed by atoms with Crippen LogP contribution >= 0.6 is 0 Å². The summed E-state index contributed by atoms with van der Waals surface area (Å²) in [6.45, 7) is 7.43. The van der Waals surface area contributed by atoms with Crippen LogP contribution in [-0.2, 0) is 0 Å². The first kappa shape index (κ1) is 15.7. The van der Waals surface area contributed by atoms with Crippen molar-refractivity contribution in [2.75, 3.05) is 25.0 Å². The van der Waals surface area contributed by atoms with Crippen LogP contribution in [0.15, 0.2) is 18.2 Å². The number of nitro groups is 1. The second-order valence-corrected chi connectivity index (χ2v) is 6.03. The number of benzene rings is 1. The summed E-state index contributed by atoms with van der Waals surface area (Å²) in [6, 6.07) is 3.78. The number of likely N-dealkylation sites (tertiary alicyclic amines) is 1. The number of anilines is 1. The van der Waals surface area contributed by atoms with Crippen molar-refractivity contribution in [2.45, 2.75) is 32.7 Å². The van der Waals surface area contributed by atoms with E-state index in [9.17, 15) is 14.5 Å². The SMILES string of the molecule is CC(C)CN1CCC(Nc2cc([N+](=O)[O-])ccc2F)CC1. The molecule has 1 fully saturated rings. The summed E-state index contributed by atoms with van der Waals surface area (Å²) in [5, 5.41) is 13.9. The summed E-state index contributed by atoms with van der Waals surface area (Å²) in [5.41, 5.74) is 0.141. The topological polar surface area (TPSA) is 58.4 Å². The van der Waals surface area contributed by atoms with Gasteiger partial charge in [-0.3, -0.25) is 10.1 Å². The van der Waals surface area contributed by atoms with Gasteiger partial charge < -0.3 is 10.2 Å². The number of halogens is 1. The smallest absolute Gasteiger partial charge is 0.271 e. The fourth-order valence-electron chi connectivity index (χ4n) is 2.73. The third kappa shape index (κ3) is 4.39. The number of hydrogen-bond acceptors (Lipinski definition) is 4. The van der Waals surface area contributed by atoms with Gasteiger partial charge in [0.25, 0.3) is 5.69 Å². The second kappa shape index (κ2) is 6.85. The van der Waals surface area contributed by atoms with E-state index < -0.39 is 10.7 Å². The molecule has 6 heteroatoms. The van der Waals surface area contributed by atoms with Gasteiger partial charge in [-0.25, -0.2) is 4.39 Å². The lowest BCUT2D eigenvalue weighted by molar-refractivity contribution is -0.384. The second-order valence-electron chi connectivity index (χ2n) is 6.03. The maximum absolute atomic E-state index is 13.7. The van der Waals surface area contributed by atoms with Gasteiger partial charge in [-0.15, -0.1) is 0 Å². The number of nitrogens with zero attached hydrogens (tertiary/aromatic N) is 2. The average Bonchev–Trinajstić information content (AvgIpc) is 2.42. The van der Waals surface area contributed by atoms with Gasteiger partial charge in [0, 0.05) is 37.8 Å². The van der Waals surface area contributed by atoms with Crippen LogP contribution in [0.25, 0.3) is 0 Å². The first-order chi connectivity index (χ1) is 9.95. The van der Waals surface area contributed by atoms with Gasteiger partial charge >= 0.3 is 0 Å². The highest BCUT2D eigenvalue weighted by atomic mass is 19.1. The number of nitrogens with one attached hydrogen (secondary N) is 1. The van der Waals surface area contributed by atoms with Crippen molar-refractivity contribution in [3.8, 4) is 0 Å². The summed E-state index contributed by atoms with van der Waals surface area (Å²) >= 11 is 0. The van der Waals surface area contributed by atoms with Crippen molar-refractivity contribution >= 4 is 11.4 Å². The van der Waals surface area contributed by atoms with Crippen molar-refractivity contribution in [3.05, 3.63) is 34.1 Å². The Bertz CT molecular complexity index is 500. The highest BCUT2D eigenvalue weighted by molar-refractivity contribution is 5.52. The molecule has 5 nitrogen and oxygen atoms in total. The Morgan fingerprint density at radius 3 is 2.67 bits per heavy atom. The minimum Gasteiger partial charge on any atom is -0.380 e. The molecule has 1 aliphatic rings. The normalized spacial score (nSPS) is 17.1. The van der Waals surface area contributed by atoms with E-state index in [1.165, 1.54) is 12.1 Å². The van der Waals surface area contributed by atoms with Gasteiger partial charge in [-0.1, -0.05) is 13.8 Å². The Kier molecular flexibility index (Phi) is 5.12. The van der Waals surface area contributed by atoms with Crippen LogP contribution in [-0.4, -0.2) is 35.5 Å². The number of rotatable bonds is 5. The van der Waals surface area contributed by atoms with E-state index in [-0.39, 0.29) is 17.4 Å². The summed E-state index contributed by atoms with van der Waals surface area (Å²) in [4.78, 5) is 12.7. The van der Waals surface area contributed by atoms with Gasteiger partial charge in [-0.05, 0) is 24.8 Å². The van der Waals surface area contributed by atoms with Crippen molar-refractivity contribution in [1.82, 2.24) is 4.90 Å². The third-order valence-electron chi connectivity index (χ3n) is 3.73. The number of piperidine rings is 1. The van der Waals surface area contributed by atoms with Gasteiger partial charge in [0.15, 0.2) is 0 Å². The molecule has 0 spiro atoms. The third-order valence-corrected chi connectivity index (χ3v) is 3.73. The minimum absolute atomic E-state index is 0.0869. The van der Waals surface area contributed by atoms with E-state index in [4.69, 9.17) is 0 Å². The van der Waals surface area contributed by atoms with Gasteiger partial charge in [0.2, 0.25) is 0 Å². The average molecular weight is 295 g/mol. The molecule has 21 heavy (non-hydrogen) atoms. The summed E-state index contributed by atoms with van der Waals surface area (Å²) in [5.74, 6) is 0.203. The molecule has 1 aromatic carbocycles. The first-order valence-corrected chi connectivity index (χ1v) is 7.38. The van der Waals surface area contributed by atoms with Crippen LogP contribution in [0.4, 0.5) is 15.8 Å². The highest BCUT2D eigenvalue weighted by Gasteiger charge is 2.21. The van der Waals surface area contributed by atoms with Crippen molar-refractivity contribution in [1.29, 1.82) is 0 Å². The molecule has 116 valence electrons. The van der Waals surface area contributed by atoms with Crippen molar-refractivity contribution in [3.63, 3.8) is 0 Å². The van der Waals surface area contributed by atoms with E-state index in [0.717, 1.165) is 38.5 Å². The maximum Gasteiger partial charge on any atom is 0.271 e. The standard InChI is InChI=1S/C15H22FN3O2/c1-11(2)10-18-7-5-12(6-8-18)17-15-9-13(19(20)21)3-4-14(15)16/h3-4,9,11-12,17H,5-8,10H2,1-2H3. The molecule has 1 aliphatic heterocycles. The van der Waals surface area contributed by atoms with E-state index in [1.807, 2.05) is 0 Å². The molecular weight excluding hydrogens is 273 g/mol. The number of hydrogen-bond donors (Lipinski definition) is 1. The van der Waals surface area contributed by atoms with Crippen molar-refractivity contribution in [2.24, 2.45) is 5.92 Å². The Hall–Kier alpha value is -1.69. The molecule has 0 atom stereocenters. The van der Waals surface area contributed by atoms with Gasteiger partial charge in [0.05, 0.1) is 10.6 Å². The van der Waals surface area contributed by atoms with Gasteiger partial charge in [0.1, 0.15) is 5.82 Å². The lowest BCUT2D eigenvalue weighted by Crippen LogP contribution is -2.40. The lowest BCUT2D eigenvalue weighted by atomic mass is 10.0. The van der Waals surface area contributed by atoms with Crippen LogP contribution in [0.5, 0.6) is 0 Å². The molecular formula is C15H22FN3O2. The number of non-ortho nitro benzene ring substituents is 1. The molecule has 2 rings (SSSR count). The monoisotopic (exact) mass is 295 g/mol. The van der Waals surface area contributed by atoms with Crippen LogP contribution in [0.2, 0.25) is 0 Å². The van der Waals surface area contributed by atoms with E-state index in [2.05, 4.69) is 24.1 Å². The molecule has 1 N–H and O–H groups in total. The largest absolute Gasteiger partial charge is 0.380 e. The lowest BCUT2D eigenvalue weighted by Gasteiger charge is -2.33. The molecule has 0 radical (unpaired) electrons. The summed E-state index contributed by atoms with van der Waals surface area (Å²) in [6.07, 6.45) is 1.85. The zero-order valence-corrected chi connectivity index (χ0v) is 12.5. The van der Waals surface area contributed by atoms with Crippen LogP contribution in [0.3, 0.4) is 0 Å². The Labute approximate surface area is 124 Å². The summed E-state index contributed by atoms with van der Waals surface area (Å²) < 4.78 is 13.7. The molecule has 0 amide bonds. The zero-order chi connectivity index (χ0) is 15.4. The zero-order valence-electron chi connectivity index (χ0n) is 12.5. The first-order valence-electron chi connectivity index (χ1n) is 7.38. The fraction of sp³-hybridized carbons (Fsp3) is 0.600. The summed E-state index contributed by atoms with van der Waals surface area (Å²) in [7, 11) is 0. The Balaban J connectivity index is 1.94. The Morgan fingerprint density at radius 2 is 2.10 bits per heavy atom. The Morgan fingerprint density at radius 1 is 1.43 bits per heavy atom. The highest BCUT2D eigenvalue weighted by Crippen LogP contribution is 2.24. The van der Waals surface area contributed by atoms with Gasteiger partial charge in [-0.2, -0.15) is 0 Å². The minimum atomic E-state index is -0.504.